The fraction of sp³-hybridized carbons (Fsp3) is 0.273. The molecule has 32 heavy (non-hydrogen) atoms. The van der Waals surface area contributed by atoms with E-state index in [4.69, 9.17) is 17.5 Å². The Hall–Kier alpha value is -3.45. The summed E-state index contributed by atoms with van der Waals surface area (Å²) in [7, 11) is 1.83. The fourth-order valence-corrected chi connectivity index (χ4v) is 4.55. The minimum absolute atomic E-state index is 0.0412. The van der Waals surface area contributed by atoms with E-state index in [9.17, 15) is 18.0 Å². The lowest BCUT2D eigenvalue weighted by Crippen LogP contribution is -2.44. The average Bonchev–Trinajstić information content (AvgIpc) is 3.09. The first kappa shape index (κ1) is 21.8. The van der Waals surface area contributed by atoms with Crippen molar-refractivity contribution in [2.75, 3.05) is 9.80 Å². The highest BCUT2D eigenvalue weighted by Crippen LogP contribution is 2.40. The predicted octanol–water partition coefficient (Wildman–Crippen LogP) is 4.69. The maximum Gasteiger partial charge on any atom is 0.417 e. The highest BCUT2D eigenvalue weighted by Gasteiger charge is 2.50. The number of nitrogens with zero attached hydrogens (tertiary/aromatic N) is 5. The number of carbonyl (C=O) groups excluding carboxylic acids is 1. The number of rotatable bonds is 2. The molecule has 6 nitrogen and oxygen atoms in total. The smallest absolute Gasteiger partial charge is 0.304 e. The quantitative estimate of drug-likeness (QED) is 0.523. The van der Waals surface area contributed by atoms with Crippen LogP contribution in [0.4, 0.5) is 24.5 Å². The third-order valence-electron chi connectivity index (χ3n) is 5.63. The average molecular weight is 457 g/mol. The summed E-state index contributed by atoms with van der Waals surface area (Å²) in [5.41, 5.74) is -0.488. The maximum absolute atomic E-state index is 13.5. The van der Waals surface area contributed by atoms with Crippen LogP contribution in [0.5, 0.6) is 0 Å². The third kappa shape index (κ3) is 3.12. The van der Waals surface area contributed by atoms with E-state index in [1.165, 1.54) is 6.07 Å². The number of aryl methyl sites for hydroxylation is 2. The predicted molar refractivity (Wildman–Crippen MR) is 118 cm³/mol. The van der Waals surface area contributed by atoms with Crippen molar-refractivity contribution >= 4 is 45.5 Å². The summed E-state index contributed by atoms with van der Waals surface area (Å²) in [5.74, 6) is -0.469. The topological polar surface area (TPSA) is 65.2 Å². The van der Waals surface area contributed by atoms with Crippen LogP contribution in [0, 0.1) is 18.3 Å². The molecule has 10 heteroatoms. The van der Waals surface area contributed by atoms with Crippen LogP contribution < -0.4 is 9.80 Å². The van der Waals surface area contributed by atoms with Crippen LogP contribution in [-0.4, -0.2) is 26.3 Å². The van der Waals surface area contributed by atoms with Crippen LogP contribution in [0.2, 0.25) is 0 Å². The molecule has 0 N–H and O–H groups in total. The molecule has 1 fully saturated rings. The van der Waals surface area contributed by atoms with Crippen LogP contribution in [0.3, 0.4) is 0 Å². The normalized spacial score (nSPS) is 16.2. The summed E-state index contributed by atoms with van der Waals surface area (Å²) >= 11 is 5.57. The van der Waals surface area contributed by atoms with Crippen molar-refractivity contribution in [1.82, 2.24) is 9.78 Å². The Morgan fingerprint density at radius 1 is 1.12 bits per heavy atom. The van der Waals surface area contributed by atoms with Gasteiger partial charge in [0, 0.05) is 18.1 Å². The highest BCUT2D eigenvalue weighted by molar-refractivity contribution is 7.81. The number of thiocarbonyl (C=S) groups is 1. The highest BCUT2D eigenvalue weighted by atomic mass is 32.1. The zero-order valence-corrected chi connectivity index (χ0v) is 18.5. The number of fused-ring (bicyclic) bond motifs is 1. The lowest BCUT2D eigenvalue weighted by molar-refractivity contribution is -0.137. The van der Waals surface area contributed by atoms with Gasteiger partial charge in [0.15, 0.2) is 5.11 Å². The number of nitriles is 1. The van der Waals surface area contributed by atoms with Gasteiger partial charge in [-0.1, -0.05) is 0 Å². The van der Waals surface area contributed by atoms with E-state index in [-0.39, 0.29) is 10.8 Å². The van der Waals surface area contributed by atoms with Gasteiger partial charge in [-0.15, -0.1) is 0 Å². The van der Waals surface area contributed by atoms with E-state index in [1.807, 2.05) is 26.1 Å². The van der Waals surface area contributed by atoms with Gasteiger partial charge >= 0.3 is 6.18 Å². The Kier molecular flexibility index (Phi) is 4.78. The summed E-state index contributed by atoms with van der Waals surface area (Å²) in [5, 5.41) is 14.4. The number of amides is 1. The largest absolute Gasteiger partial charge is 0.417 e. The number of hydrogen-bond donors (Lipinski definition) is 0. The van der Waals surface area contributed by atoms with E-state index >= 15 is 0 Å². The minimum atomic E-state index is -4.75. The number of anilines is 2. The lowest BCUT2D eigenvalue weighted by Gasteiger charge is -2.29. The second-order valence-electron chi connectivity index (χ2n) is 8.07. The summed E-state index contributed by atoms with van der Waals surface area (Å²) in [6.07, 6.45) is -4.75. The Labute approximate surface area is 187 Å². The van der Waals surface area contributed by atoms with E-state index in [2.05, 4.69) is 5.10 Å². The molecule has 0 radical (unpaired) electrons. The first-order valence-corrected chi connectivity index (χ1v) is 10.0. The number of carbonyl (C=O) groups is 1. The summed E-state index contributed by atoms with van der Waals surface area (Å²) in [6.45, 7) is 5.19. The van der Waals surface area contributed by atoms with Gasteiger partial charge in [0.25, 0.3) is 5.91 Å². The van der Waals surface area contributed by atoms with Gasteiger partial charge in [0.05, 0.1) is 34.1 Å². The van der Waals surface area contributed by atoms with Crippen molar-refractivity contribution in [1.29, 1.82) is 5.26 Å². The third-order valence-corrected chi connectivity index (χ3v) is 6.00. The first-order chi connectivity index (χ1) is 14.9. The van der Waals surface area contributed by atoms with Crippen LogP contribution >= 0.6 is 12.2 Å². The minimum Gasteiger partial charge on any atom is -0.304 e. The first-order valence-electron chi connectivity index (χ1n) is 9.61. The molecule has 4 rings (SSSR count). The Morgan fingerprint density at radius 2 is 1.78 bits per heavy atom. The van der Waals surface area contributed by atoms with Gasteiger partial charge in [0.2, 0.25) is 0 Å². The van der Waals surface area contributed by atoms with E-state index < -0.39 is 28.7 Å². The zero-order valence-electron chi connectivity index (χ0n) is 17.7. The van der Waals surface area contributed by atoms with E-state index in [0.29, 0.717) is 5.69 Å². The zero-order chi connectivity index (χ0) is 23.6. The molecule has 1 saturated heterocycles. The SMILES string of the molecule is Cc1nn(C)c2ccc(N3C(=S)N(c4ccc(C#N)c(C(F)(F)F)c4)C(=O)C3(C)C)cc12. The van der Waals surface area contributed by atoms with Gasteiger partial charge in [-0.3, -0.25) is 14.4 Å². The summed E-state index contributed by atoms with van der Waals surface area (Å²) in [4.78, 5) is 16.0. The molecule has 1 amide bonds. The number of alkyl halides is 3. The van der Waals surface area contributed by atoms with Gasteiger partial charge < -0.3 is 4.90 Å². The maximum atomic E-state index is 13.5. The van der Waals surface area contributed by atoms with Crippen molar-refractivity contribution in [3.8, 4) is 6.07 Å². The van der Waals surface area contributed by atoms with Crippen LogP contribution in [0.1, 0.15) is 30.7 Å². The molecular formula is C22H18F3N5OS. The Morgan fingerprint density at radius 3 is 2.41 bits per heavy atom. The van der Waals surface area contributed by atoms with Crippen molar-refractivity contribution in [3.05, 3.63) is 53.2 Å². The molecule has 3 aromatic rings. The second kappa shape index (κ2) is 7.03. The van der Waals surface area contributed by atoms with E-state index in [0.717, 1.165) is 33.6 Å². The van der Waals surface area contributed by atoms with Crippen LogP contribution in [0.15, 0.2) is 36.4 Å². The van der Waals surface area contributed by atoms with Crippen LogP contribution in [-0.2, 0) is 18.0 Å². The van der Waals surface area contributed by atoms with Crippen molar-refractivity contribution in [2.45, 2.75) is 32.5 Å². The molecule has 0 spiro atoms. The number of aromatic nitrogens is 2. The molecule has 1 aliphatic heterocycles. The molecule has 0 saturated carbocycles. The Bertz CT molecular complexity index is 1340. The van der Waals surface area contributed by atoms with Crippen molar-refractivity contribution in [3.63, 3.8) is 0 Å². The molecule has 1 aromatic heterocycles. The monoisotopic (exact) mass is 457 g/mol. The molecule has 2 aromatic carbocycles. The van der Waals surface area contributed by atoms with Gasteiger partial charge in [-0.05, 0) is 69.4 Å². The second-order valence-corrected chi connectivity index (χ2v) is 8.43. The van der Waals surface area contributed by atoms with Gasteiger partial charge in [-0.2, -0.15) is 23.5 Å². The summed E-state index contributed by atoms with van der Waals surface area (Å²) < 4.78 is 42.2. The standard InChI is InChI=1S/C22H18F3N5OS/c1-12-16-9-15(7-8-18(16)28(4)27-12)30-20(32)29(19(31)21(30,2)3)14-6-5-13(11-26)17(10-14)22(23,24)25/h5-10H,1-4H3. The molecular weight excluding hydrogens is 439 g/mol. The molecule has 1 aliphatic rings. The fourth-order valence-electron chi connectivity index (χ4n) is 4.03. The van der Waals surface area contributed by atoms with Crippen molar-refractivity contribution in [2.24, 2.45) is 7.05 Å². The molecule has 2 heterocycles. The van der Waals surface area contributed by atoms with Gasteiger partial charge in [-0.25, -0.2) is 0 Å². The van der Waals surface area contributed by atoms with Crippen LogP contribution in [0.25, 0.3) is 10.9 Å². The molecule has 0 aliphatic carbocycles. The van der Waals surface area contributed by atoms with Crippen molar-refractivity contribution < 1.29 is 18.0 Å². The number of hydrogen-bond acceptors (Lipinski definition) is 4. The molecule has 0 bridgehead atoms. The molecule has 0 atom stereocenters. The molecule has 164 valence electrons. The Balaban J connectivity index is 1.83. The van der Waals surface area contributed by atoms with E-state index in [1.54, 1.807) is 35.6 Å². The number of benzene rings is 2. The van der Waals surface area contributed by atoms with Gasteiger partial charge in [0.1, 0.15) is 5.54 Å². The lowest BCUT2D eigenvalue weighted by atomic mass is 10.0. The molecule has 0 unspecified atom stereocenters. The number of halogens is 3. The summed E-state index contributed by atoms with van der Waals surface area (Å²) in [6, 6.07) is 10.2.